The number of hydrogen-bond donors (Lipinski definition) is 3. The molecule has 1 aliphatic heterocycles. The molecule has 1 atom stereocenters. The van der Waals surface area contributed by atoms with E-state index in [4.69, 9.17) is 5.73 Å². The van der Waals surface area contributed by atoms with Crippen molar-refractivity contribution < 1.29 is 9.59 Å². The molecule has 1 aromatic heterocycles. The minimum atomic E-state index is -1.19. The summed E-state index contributed by atoms with van der Waals surface area (Å²) in [6, 6.07) is 1.12. The van der Waals surface area contributed by atoms with Crippen molar-refractivity contribution in [3.8, 4) is 0 Å². The Labute approximate surface area is 85.6 Å². The lowest BCUT2D eigenvalue weighted by atomic mass is 9.95. The second-order valence-corrected chi connectivity index (χ2v) is 3.36. The second-order valence-electron chi connectivity index (χ2n) is 3.36. The van der Waals surface area contributed by atoms with Crippen LogP contribution in [0.25, 0.3) is 0 Å². The van der Waals surface area contributed by atoms with Gasteiger partial charge in [-0.25, -0.2) is 4.79 Å². The van der Waals surface area contributed by atoms with Gasteiger partial charge in [0.2, 0.25) is 0 Å². The molecule has 2 rings (SSSR count). The molecule has 0 bridgehead atoms. The Bertz CT molecular complexity index is 426. The zero-order chi connectivity index (χ0) is 11.1. The van der Waals surface area contributed by atoms with Gasteiger partial charge in [-0.15, -0.1) is 0 Å². The van der Waals surface area contributed by atoms with Crippen molar-refractivity contribution in [2.45, 2.75) is 5.54 Å². The maximum Gasteiger partial charge on any atom is 0.322 e. The fourth-order valence-corrected chi connectivity index (χ4v) is 1.71. The molecule has 0 aliphatic carbocycles. The predicted octanol–water partition coefficient (Wildman–Crippen LogP) is -1.59. The lowest BCUT2D eigenvalue weighted by molar-refractivity contribution is -0.124. The summed E-state index contributed by atoms with van der Waals surface area (Å²) in [6.45, 7) is -0.00981. The molecular formula is C8H11N5O2. The van der Waals surface area contributed by atoms with Gasteiger partial charge in [0.15, 0.2) is 5.54 Å². The van der Waals surface area contributed by atoms with E-state index in [0.717, 1.165) is 0 Å². The van der Waals surface area contributed by atoms with Gasteiger partial charge in [0.1, 0.15) is 0 Å². The van der Waals surface area contributed by atoms with Crippen LogP contribution in [0, 0.1) is 0 Å². The van der Waals surface area contributed by atoms with Gasteiger partial charge in [-0.3, -0.25) is 14.8 Å². The van der Waals surface area contributed by atoms with E-state index >= 15 is 0 Å². The van der Waals surface area contributed by atoms with Crippen LogP contribution in [0.1, 0.15) is 5.69 Å². The number of urea groups is 1. The summed E-state index contributed by atoms with van der Waals surface area (Å²) in [7, 11) is 1.69. The second kappa shape index (κ2) is 3.06. The summed E-state index contributed by atoms with van der Waals surface area (Å²) in [5, 5.41) is 8.63. The number of aryl methyl sites for hydroxylation is 1. The topological polar surface area (TPSA) is 102 Å². The van der Waals surface area contributed by atoms with Gasteiger partial charge in [-0.05, 0) is 6.07 Å². The van der Waals surface area contributed by atoms with Crippen molar-refractivity contribution in [1.29, 1.82) is 0 Å². The molecule has 0 unspecified atom stereocenters. The minimum Gasteiger partial charge on any atom is -0.327 e. The number of nitrogens with two attached hydrogens (primary N) is 1. The normalized spacial score (nSPS) is 25.2. The molecule has 7 heteroatoms. The third-order valence-corrected chi connectivity index (χ3v) is 2.51. The van der Waals surface area contributed by atoms with Crippen LogP contribution < -0.4 is 16.4 Å². The molecule has 1 aliphatic rings. The maximum atomic E-state index is 11.7. The molecule has 1 fully saturated rings. The summed E-state index contributed by atoms with van der Waals surface area (Å²) in [6.07, 6.45) is 1.55. The third-order valence-electron chi connectivity index (χ3n) is 2.51. The fourth-order valence-electron chi connectivity index (χ4n) is 1.71. The highest BCUT2D eigenvalue weighted by Crippen LogP contribution is 2.22. The van der Waals surface area contributed by atoms with Crippen molar-refractivity contribution >= 4 is 11.9 Å². The molecule has 2 heterocycles. The van der Waals surface area contributed by atoms with Gasteiger partial charge in [-0.1, -0.05) is 0 Å². The van der Waals surface area contributed by atoms with Crippen LogP contribution in [0.2, 0.25) is 0 Å². The van der Waals surface area contributed by atoms with Gasteiger partial charge in [-0.2, -0.15) is 5.10 Å². The van der Waals surface area contributed by atoms with Crippen molar-refractivity contribution in [2.24, 2.45) is 12.8 Å². The monoisotopic (exact) mass is 209 g/mol. The fraction of sp³-hybridized carbons (Fsp3) is 0.375. The van der Waals surface area contributed by atoms with E-state index < -0.39 is 17.5 Å². The number of carbonyl (C=O) groups excluding carboxylic acids is 2. The Morgan fingerprint density at radius 1 is 1.60 bits per heavy atom. The molecule has 3 amide bonds. The molecule has 7 nitrogen and oxygen atoms in total. The molecule has 4 N–H and O–H groups in total. The van der Waals surface area contributed by atoms with Crippen LogP contribution in [0.3, 0.4) is 0 Å². The lowest BCUT2D eigenvalue weighted by Crippen LogP contribution is -2.51. The Morgan fingerprint density at radius 3 is 2.73 bits per heavy atom. The van der Waals surface area contributed by atoms with Crippen molar-refractivity contribution in [3.05, 3.63) is 18.0 Å². The van der Waals surface area contributed by atoms with Crippen LogP contribution >= 0.6 is 0 Å². The van der Waals surface area contributed by atoms with E-state index in [-0.39, 0.29) is 6.54 Å². The van der Waals surface area contributed by atoms with E-state index in [0.29, 0.717) is 5.69 Å². The van der Waals surface area contributed by atoms with Crippen molar-refractivity contribution in [3.63, 3.8) is 0 Å². The molecule has 15 heavy (non-hydrogen) atoms. The summed E-state index contributed by atoms with van der Waals surface area (Å²) < 4.78 is 1.51. The number of amides is 3. The van der Waals surface area contributed by atoms with Crippen LogP contribution in [0.4, 0.5) is 4.79 Å². The van der Waals surface area contributed by atoms with Gasteiger partial charge >= 0.3 is 6.03 Å². The van der Waals surface area contributed by atoms with Crippen LogP contribution in [0.5, 0.6) is 0 Å². The highest BCUT2D eigenvalue weighted by atomic mass is 16.2. The summed E-state index contributed by atoms with van der Waals surface area (Å²) in [4.78, 5) is 22.8. The molecular weight excluding hydrogens is 198 g/mol. The first-order valence-electron chi connectivity index (χ1n) is 4.42. The van der Waals surface area contributed by atoms with Gasteiger partial charge < -0.3 is 11.1 Å². The van der Waals surface area contributed by atoms with Gasteiger partial charge in [0.05, 0.1) is 5.69 Å². The molecule has 0 aromatic carbocycles. The third kappa shape index (κ3) is 1.20. The minimum absolute atomic E-state index is 0.00981. The molecule has 1 aromatic rings. The number of aromatic nitrogens is 2. The molecule has 0 saturated carbocycles. The smallest absolute Gasteiger partial charge is 0.322 e. The summed E-state index contributed by atoms with van der Waals surface area (Å²) in [5.41, 5.74) is 4.94. The van der Waals surface area contributed by atoms with Gasteiger partial charge in [0, 0.05) is 19.8 Å². The summed E-state index contributed by atoms with van der Waals surface area (Å²) >= 11 is 0. The first-order valence-corrected chi connectivity index (χ1v) is 4.42. The Hall–Kier alpha value is -1.89. The van der Waals surface area contributed by atoms with E-state index in [9.17, 15) is 9.59 Å². The average molecular weight is 209 g/mol. The average Bonchev–Trinajstić information content (AvgIpc) is 2.71. The first-order chi connectivity index (χ1) is 7.10. The lowest BCUT2D eigenvalue weighted by Gasteiger charge is -2.23. The number of nitrogens with zero attached hydrogens (tertiary/aromatic N) is 2. The Kier molecular flexibility index (Phi) is 1.97. The van der Waals surface area contributed by atoms with E-state index in [1.165, 1.54) is 4.68 Å². The van der Waals surface area contributed by atoms with Crippen LogP contribution in [-0.4, -0.2) is 28.3 Å². The van der Waals surface area contributed by atoms with Crippen molar-refractivity contribution in [1.82, 2.24) is 20.4 Å². The number of imide groups is 1. The molecule has 1 saturated heterocycles. The molecule has 0 radical (unpaired) electrons. The zero-order valence-electron chi connectivity index (χ0n) is 8.15. The Balaban J connectivity index is 2.51. The van der Waals surface area contributed by atoms with E-state index in [1.54, 1.807) is 19.3 Å². The largest absolute Gasteiger partial charge is 0.327 e. The quantitative estimate of drug-likeness (QED) is 0.511. The highest BCUT2D eigenvalue weighted by molar-refractivity contribution is 6.07. The SMILES string of the molecule is Cn1nccc1[C@@]1(CN)NC(=O)NC1=O. The summed E-state index contributed by atoms with van der Waals surface area (Å²) in [5.74, 6) is -0.446. The van der Waals surface area contributed by atoms with Crippen molar-refractivity contribution in [2.75, 3.05) is 6.54 Å². The van der Waals surface area contributed by atoms with Gasteiger partial charge in [0.25, 0.3) is 5.91 Å². The Morgan fingerprint density at radius 2 is 2.33 bits per heavy atom. The van der Waals surface area contributed by atoms with Crippen LogP contribution in [-0.2, 0) is 17.4 Å². The van der Waals surface area contributed by atoms with E-state index in [2.05, 4.69) is 15.7 Å². The number of rotatable bonds is 2. The number of carbonyl (C=O) groups is 2. The first kappa shape index (κ1) is 9.66. The molecule has 0 spiro atoms. The maximum absolute atomic E-state index is 11.7. The van der Waals surface area contributed by atoms with Crippen LogP contribution in [0.15, 0.2) is 12.3 Å². The zero-order valence-corrected chi connectivity index (χ0v) is 8.15. The predicted molar refractivity (Wildman–Crippen MR) is 50.6 cm³/mol. The molecule has 80 valence electrons. The van der Waals surface area contributed by atoms with E-state index in [1.807, 2.05) is 0 Å². The highest BCUT2D eigenvalue weighted by Gasteiger charge is 2.48. The standard InChI is InChI=1S/C8H11N5O2/c1-13-5(2-3-10-13)8(4-9)6(14)11-7(15)12-8/h2-3H,4,9H2,1H3,(H2,11,12,14,15)/t8-/m1/s1. The number of hydrogen-bond acceptors (Lipinski definition) is 4. The number of nitrogens with one attached hydrogen (secondary N) is 2.